The van der Waals surface area contributed by atoms with Crippen molar-refractivity contribution in [3.8, 4) is 23.2 Å². The maximum absolute atomic E-state index is 11.8. The molecular formula is C24H28N6O2S. The minimum atomic E-state index is -1.16. The molecule has 0 unspecified atom stereocenters. The first-order valence-corrected chi connectivity index (χ1v) is 12.6. The van der Waals surface area contributed by atoms with Crippen molar-refractivity contribution < 1.29 is 9.90 Å². The molecule has 8 nitrogen and oxygen atoms in total. The molecule has 2 N–H and O–H groups in total. The molecule has 2 saturated carbocycles. The number of terminal acetylenes is 1. The van der Waals surface area contributed by atoms with E-state index in [1.54, 1.807) is 6.20 Å². The van der Waals surface area contributed by atoms with Gasteiger partial charge in [0.2, 0.25) is 5.82 Å². The summed E-state index contributed by atoms with van der Waals surface area (Å²) < 4.78 is 2.15. The zero-order valence-corrected chi connectivity index (χ0v) is 19.5. The molecule has 0 aliphatic heterocycles. The lowest BCUT2D eigenvalue weighted by molar-refractivity contribution is 0.0684. The SMILES string of the molecule is C#C[C@H]1CC[C@H](Cn2c(-c3nccs3)nc3nc(C(=O)O)nc(N[C@H](C)C4CCC4)c32)CC1. The molecule has 2 aliphatic carbocycles. The van der Waals surface area contributed by atoms with Crippen LogP contribution >= 0.6 is 11.3 Å². The Hall–Kier alpha value is -2.99. The second-order valence-corrected chi connectivity index (χ2v) is 10.2. The monoisotopic (exact) mass is 464 g/mol. The lowest BCUT2D eigenvalue weighted by atomic mass is 9.80. The number of carboxylic acids is 1. The molecule has 0 amide bonds. The van der Waals surface area contributed by atoms with Crippen LogP contribution in [0, 0.1) is 30.1 Å². The highest BCUT2D eigenvalue weighted by Gasteiger charge is 2.29. The Morgan fingerprint density at radius 3 is 2.67 bits per heavy atom. The van der Waals surface area contributed by atoms with Crippen LogP contribution in [0.15, 0.2) is 11.6 Å². The number of thiazole rings is 1. The first kappa shape index (κ1) is 21.8. The van der Waals surface area contributed by atoms with Crippen LogP contribution in [0.4, 0.5) is 5.82 Å². The van der Waals surface area contributed by atoms with Crippen molar-refractivity contribution in [2.45, 2.75) is 64.5 Å². The number of carbonyl (C=O) groups is 1. The quantitative estimate of drug-likeness (QED) is 0.489. The number of rotatable bonds is 7. The molecule has 33 heavy (non-hydrogen) atoms. The fraction of sp³-hybridized carbons (Fsp3) is 0.542. The summed E-state index contributed by atoms with van der Waals surface area (Å²) in [6, 6.07) is 0.191. The maximum Gasteiger partial charge on any atom is 0.374 e. The molecule has 172 valence electrons. The molecule has 0 aromatic carbocycles. The Balaban J connectivity index is 1.59. The summed E-state index contributed by atoms with van der Waals surface area (Å²) in [6.45, 7) is 2.90. The van der Waals surface area contributed by atoms with Gasteiger partial charge in [-0.1, -0.05) is 6.42 Å². The number of nitrogens with one attached hydrogen (secondary N) is 1. The summed E-state index contributed by atoms with van der Waals surface area (Å²) >= 11 is 1.51. The van der Waals surface area contributed by atoms with E-state index in [1.165, 1.54) is 30.6 Å². The van der Waals surface area contributed by atoms with Crippen molar-refractivity contribution in [2.75, 3.05) is 5.32 Å². The van der Waals surface area contributed by atoms with E-state index in [-0.39, 0.29) is 11.9 Å². The first-order chi connectivity index (χ1) is 16.0. The lowest BCUT2D eigenvalue weighted by Gasteiger charge is -2.32. The Labute approximate surface area is 196 Å². The fourth-order valence-electron chi connectivity index (χ4n) is 4.95. The molecule has 3 aromatic heterocycles. The summed E-state index contributed by atoms with van der Waals surface area (Å²) in [7, 11) is 0. The van der Waals surface area contributed by atoms with Crippen LogP contribution in [0.2, 0.25) is 0 Å². The van der Waals surface area contributed by atoms with Crippen LogP contribution < -0.4 is 5.32 Å². The second kappa shape index (κ2) is 9.10. The van der Waals surface area contributed by atoms with Gasteiger partial charge in [-0.2, -0.15) is 0 Å². The molecule has 9 heteroatoms. The van der Waals surface area contributed by atoms with Gasteiger partial charge in [-0.3, -0.25) is 0 Å². The van der Waals surface area contributed by atoms with Crippen molar-refractivity contribution >= 4 is 34.3 Å². The predicted molar refractivity (Wildman–Crippen MR) is 128 cm³/mol. The number of aromatic nitrogens is 5. The number of aromatic carboxylic acids is 1. The average Bonchev–Trinajstić information content (AvgIpc) is 3.41. The molecule has 0 radical (unpaired) electrons. The Kier molecular flexibility index (Phi) is 6.02. The van der Waals surface area contributed by atoms with Gasteiger partial charge < -0.3 is 15.0 Å². The van der Waals surface area contributed by atoms with E-state index >= 15 is 0 Å². The Morgan fingerprint density at radius 1 is 1.27 bits per heavy atom. The molecule has 3 aromatic rings. The Bertz CT molecular complexity index is 1190. The van der Waals surface area contributed by atoms with Gasteiger partial charge >= 0.3 is 5.97 Å². The molecule has 2 aliphatic rings. The number of hydrogen-bond acceptors (Lipinski definition) is 7. The first-order valence-electron chi connectivity index (χ1n) is 11.7. The fourth-order valence-corrected chi connectivity index (χ4v) is 5.58. The van der Waals surface area contributed by atoms with Crippen molar-refractivity contribution in [1.82, 2.24) is 24.5 Å². The number of carboxylic acid groups (broad SMARTS) is 1. The molecule has 0 saturated heterocycles. The third-order valence-electron chi connectivity index (χ3n) is 7.16. The summed E-state index contributed by atoms with van der Waals surface area (Å²) in [5, 5.41) is 15.9. The highest BCUT2D eigenvalue weighted by atomic mass is 32.1. The Morgan fingerprint density at radius 2 is 2.06 bits per heavy atom. The molecule has 1 atom stereocenters. The number of hydrogen-bond donors (Lipinski definition) is 2. The van der Waals surface area contributed by atoms with E-state index < -0.39 is 5.97 Å². The standard InChI is InChI=1S/C24H28N6O2S/c1-3-15-7-9-16(10-8-15)13-30-18-19(26-14(2)17-5-4-6-17)27-21(24(31)32)28-20(18)29-22(30)23-25-11-12-33-23/h1,11-12,14-17H,4-10,13H2,2H3,(H,31,32)(H,26,27,28)/t14-,15-,16-/m1/s1. The third-order valence-corrected chi connectivity index (χ3v) is 7.93. The minimum Gasteiger partial charge on any atom is -0.475 e. The summed E-state index contributed by atoms with van der Waals surface area (Å²) in [5.74, 6) is 4.16. The highest BCUT2D eigenvalue weighted by molar-refractivity contribution is 7.13. The van der Waals surface area contributed by atoms with Crippen LogP contribution in [-0.2, 0) is 6.54 Å². The minimum absolute atomic E-state index is 0.191. The van der Waals surface area contributed by atoms with Gasteiger partial charge in [-0.05, 0) is 57.3 Å². The van der Waals surface area contributed by atoms with Crippen LogP contribution in [0.5, 0.6) is 0 Å². The molecule has 0 spiro atoms. The van der Waals surface area contributed by atoms with E-state index in [0.717, 1.165) is 48.6 Å². The molecule has 5 rings (SSSR count). The normalized spacial score (nSPS) is 21.9. The summed E-state index contributed by atoms with van der Waals surface area (Å²) in [4.78, 5) is 29.7. The van der Waals surface area contributed by atoms with Crippen molar-refractivity contribution in [1.29, 1.82) is 0 Å². The van der Waals surface area contributed by atoms with E-state index in [0.29, 0.717) is 29.2 Å². The van der Waals surface area contributed by atoms with Gasteiger partial charge in [0.1, 0.15) is 5.52 Å². The van der Waals surface area contributed by atoms with Crippen molar-refractivity contribution in [3.05, 3.63) is 17.4 Å². The van der Waals surface area contributed by atoms with Crippen molar-refractivity contribution in [2.24, 2.45) is 17.8 Å². The van der Waals surface area contributed by atoms with Gasteiger partial charge in [0.05, 0.1) is 0 Å². The summed E-state index contributed by atoms with van der Waals surface area (Å²) in [6.07, 6.45) is 15.2. The lowest BCUT2D eigenvalue weighted by Crippen LogP contribution is -2.31. The topological polar surface area (TPSA) is 106 Å². The van der Waals surface area contributed by atoms with E-state index in [9.17, 15) is 9.90 Å². The van der Waals surface area contributed by atoms with Crippen LogP contribution in [0.25, 0.3) is 22.0 Å². The maximum atomic E-state index is 11.8. The third kappa shape index (κ3) is 4.32. The van der Waals surface area contributed by atoms with Crippen LogP contribution in [-0.4, -0.2) is 41.6 Å². The average molecular weight is 465 g/mol. The van der Waals surface area contributed by atoms with Crippen LogP contribution in [0.3, 0.4) is 0 Å². The van der Waals surface area contributed by atoms with Gasteiger partial charge in [-0.15, -0.1) is 23.7 Å². The highest BCUT2D eigenvalue weighted by Crippen LogP contribution is 2.36. The van der Waals surface area contributed by atoms with Gasteiger partial charge in [0.25, 0.3) is 0 Å². The van der Waals surface area contributed by atoms with E-state index in [4.69, 9.17) is 11.4 Å². The molecule has 0 bridgehead atoms. The zero-order valence-electron chi connectivity index (χ0n) is 18.7. The van der Waals surface area contributed by atoms with E-state index in [2.05, 4.69) is 37.7 Å². The number of anilines is 1. The zero-order chi connectivity index (χ0) is 22.9. The van der Waals surface area contributed by atoms with Gasteiger partial charge in [-0.25, -0.2) is 24.7 Å². The molecular weight excluding hydrogens is 436 g/mol. The predicted octanol–water partition coefficient (Wildman–Crippen LogP) is 4.69. The smallest absolute Gasteiger partial charge is 0.374 e. The van der Waals surface area contributed by atoms with Crippen molar-refractivity contribution in [3.63, 3.8) is 0 Å². The van der Waals surface area contributed by atoms with Gasteiger partial charge in [0, 0.05) is 30.1 Å². The van der Waals surface area contributed by atoms with Crippen LogP contribution in [0.1, 0.15) is 62.5 Å². The van der Waals surface area contributed by atoms with E-state index in [1.807, 2.05) is 5.38 Å². The summed E-state index contributed by atoms with van der Waals surface area (Å²) in [5.41, 5.74) is 1.16. The molecule has 3 heterocycles. The number of fused-ring (bicyclic) bond motifs is 1. The number of nitrogens with zero attached hydrogens (tertiary/aromatic N) is 5. The molecule has 2 fully saturated rings. The number of imidazole rings is 1. The van der Waals surface area contributed by atoms with Gasteiger partial charge in [0.15, 0.2) is 22.3 Å². The largest absolute Gasteiger partial charge is 0.475 e. The second-order valence-electron chi connectivity index (χ2n) is 9.26.